The highest BCUT2D eigenvalue weighted by Crippen LogP contribution is 2.27. The maximum atomic E-state index is 12.5. The average Bonchev–Trinajstić information content (AvgIpc) is 2.79. The minimum absolute atomic E-state index is 0.180. The molecule has 0 saturated heterocycles. The number of fused-ring (bicyclic) bond motifs is 1. The number of aromatic nitrogens is 1. The van der Waals surface area contributed by atoms with Crippen LogP contribution in [0, 0.1) is 6.92 Å². The van der Waals surface area contributed by atoms with Crippen LogP contribution in [0.4, 0.5) is 0 Å². The molecule has 4 heteroatoms. The zero-order valence-corrected chi connectivity index (χ0v) is 13.9. The van der Waals surface area contributed by atoms with Crippen LogP contribution in [0.25, 0.3) is 10.9 Å². The van der Waals surface area contributed by atoms with Gasteiger partial charge in [0, 0.05) is 29.7 Å². The Morgan fingerprint density at radius 1 is 1.23 bits per heavy atom. The van der Waals surface area contributed by atoms with Gasteiger partial charge in [-0.15, -0.1) is 0 Å². The molecule has 0 spiro atoms. The Bertz CT molecular complexity index is 641. The van der Waals surface area contributed by atoms with Crippen LogP contribution in [0.2, 0.25) is 0 Å². The van der Waals surface area contributed by atoms with Gasteiger partial charge in [0.1, 0.15) is 6.54 Å². The second kappa shape index (κ2) is 7.45. The van der Waals surface area contributed by atoms with E-state index in [0.29, 0.717) is 13.1 Å². The van der Waals surface area contributed by atoms with Crippen molar-refractivity contribution in [3.05, 3.63) is 35.5 Å². The summed E-state index contributed by atoms with van der Waals surface area (Å²) in [5, 5.41) is 1.25. The number of benzene rings is 1. The van der Waals surface area contributed by atoms with Gasteiger partial charge in [-0.05, 0) is 51.8 Å². The molecule has 0 radical (unpaired) electrons. The molecule has 1 aromatic carbocycles. The van der Waals surface area contributed by atoms with Gasteiger partial charge in [-0.3, -0.25) is 4.79 Å². The maximum Gasteiger partial charge on any atom is 0.242 e. The molecule has 1 amide bonds. The number of carbonyl (C=O) groups excluding carboxylic acids is 1. The quantitative estimate of drug-likeness (QED) is 0.855. The summed E-state index contributed by atoms with van der Waals surface area (Å²) >= 11 is 0. The third kappa shape index (κ3) is 3.17. The number of nitrogens with two attached hydrogens (primary N) is 1. The van der Waals surface area contributed by atoms with Crippen molar-refractivity contribution in [1.82, 2.24) is 9.47 Å². The second-order valence-corrected chi connectivity index (χ2v) is 5.63. The summed E-state index contributed by atoms with van der Waals surface area (Å²) in [6, 6.07) is 8.34. The molecule has 0 unspecified atom stereocenters. The average molecular weight is 301 g/mol. The number of rotatable bonds is 7. The first kappa shape index (κ1) is 16.6. The minimum Gasteiger partial charge on any atom is -0.342 e. The summed E-state index contributed by atoms with van der Waals surface area (Å²) in [7, 11) is 0. The van der Waals surface area contributed by atoms with E-state index in [-0.39, 0.29) is 5.91 Å². The van der Waals surface area contributed by atoms with E-state index in [1.54, 1.807) is 0 Å². The molecule has 2 N–H and O–H groups in total. The molecule has 0 aliphatic heterocycles. The standard InChI is InChI=1S/C18H27N3O/c1-4-20(5-2)18(22)13-21-14(3)15(10-8-12-19)16-9-6-7-11-17(16)21/h6-7,9,11H,4-5,8,10,12-13,19H2,1-3H3. The number of likely N-dealkylation sites (N-methyl/N-ethyl adjacent to an activating group) is 1. The van der Waals surface area contributed by atoms with E-state index in [1.807, 2.05) is 24.8 Å². The van der Waals surface area contributed by atoms with Gasteiger partial charge in [0.25, 0.3) is 0 Å². The third-order valence-electron chi connectivity index (χ3n) is 4.40. The van der Waals surface area contributed by atoms with Gasteiger partial charge in [0.15, 0.2) is 0 Å². The topological polar surface area (TPSA) is 51.3 Å². The fourth-order valence-corrected chi connectivity index (χ4v) is 3.11. The molecule has 22 heavy (non-hydrogen) atoms. The molecular formula is C18H27N3O. The van der Waals surface area contributed by atoms with Gasteiger partial charge in [-0.1, -0.05) is 18.2 Å². The molecule has 0 aliphatic carbocycles. The van der Waals surface area contributed by atoms with E-state index in [1.165, 1.54) is 16.6 Å². The lowest BCUT2D eigenvalue weighted by molar-refractivity contribution is -0.131. The van der Waals surface area contributed by atoms with Crippen molar-refractivity contribution >= 4 is 16.8 Å². The van der Waals surface area contributed by atoms with Crippen LogP contribution >= 0.6 is 0 Å². The van der Waals surface area contributed by atoms with Gasteiger partial charge in [0.05, 0.1) is 0 Å². The van der Waals surface area contributed by atoms with Crippen molar-refractivity contribution in [3.63, 3.8) is 0 Å². The van der Waals surface area contributed by atoms with Crippen LogP contribution in [-0.2, 0) is 17.8 Å². The van der Waals surface area contributed by atoms with Gasteiger partial charge in [0.2, 0.25) is 5.91 Å². The van der Waals surface area contributed by atoms with E-state index in [9.17, 15) is 4.79 Å². The summed E-state index contributed by atoms with van der Waals surface area (Å²) < 4.78 is 2.15. The van der Waals surface area contributed by atoms with Crippen molar-refractivity contribution in [2.24, 2.45) is 5.73 Å². The van der Waals surface area contributed by atoms with Gasteiger partial charge in [-0.2, -0.15) is 0 Å². The Morgan fingerprint density at radius 2 is 1.91 bits per heavy atom. The fraction of sp³-hybridized carbons (Fsp3) is 0.500. The maximum absolute atomic E-state index is 12.5. The molecule has 0 aliphatic rings. The Balaban J connectivity index is 2.41. The number of para-hydroxylation sites is 1. The van der Waals surface area contributed by atoms with Crippen LogP contribution in [-0.4, -0.2) is 35.0 Å². The zero-order chi connectivity index (χ0) is 16.1. The van der Waals surface area contributed by atoms with Crippen molar-refractivity contribution in [1.29, 1.82) is 0 Å². The van der Waals surface area contributed by atoms with E-state index in [4.69, 9.17) is 5.73 Å². The lowest BCUT2D eigenvalue weighted by Crippen LogP contribution is -2.33. The summed E-state index contributed by atoms with van der Waals surface area (Å²) in [5.74, 6) is 0.180. The van der Waals surface area contributed by atoms with Crippen molar-refractivity contribution in [2.45, 2.75) is 40.2 Å². The van der Waals surface area contributed by atoms with Crippen LogP contribution in [0.15, 0.2) is 24.3 Å². The molecule has 0 fully saturated rings. The van der Waals surface area contributed by atoms with Crippen LogP contribution in [0.3, 0.4) is 0 Å². The Hall–Kier alpha value is -1.81. The smallest absolute Gasteiger partial charge is 0.242 e. The largest absolute Gasteiger partial charge is 0.342 e. The first-order chi connectivity index (χ1) is 10.6. The second-order valence-electron chi connectivity index (χ2n) is 5.63. The lowest BCUT2D eigenvalue weighted by atomic mass is 10.1. The van der Waals surface area contributed by atoms with Crippen LogP contribution in [0.5, 0.6) is 0 Å². The van der Waals surface area contributed by atoms with Gasteiger partial charge in [-0.25, -0.2) is 0 Å². The molecule has 1 heterocycles. The van der Waals surface area contributed by atoms with Gasteiger partial charge >= 0.3 is 0 Å². The normalized spacial score (nSPS) is 11.1. The number of aryl methyl sites for hydroxylation is 1. The number of nitrogens with zero attached hydrogens (tertiary/aromatic N) is 2. The first-order valence-corrected chi connectivity index (χ1v) is 8.18. The van der Waals surface area contributed by atoms with Crippen LogP contribution in [0.1, 0.15) is 31.5 Å². The third-order valence-corrected chi connectivity index (χ3v) is 4.40. The molecule has 0 bridgehead atoms. The molecule has 4 nitrogen and oxygen atoms in total. The molecule has 0 atom stereocenters. The van der Waals surface area contributed by atoms with E-state index < -0.39 is 0 Å². The fourth-order valence-electron chi connectivity index (χ4n) is 3.11. The summed E-state index contributed by atoms with van der Waals surface area (Å²) in [5.41, 5.74) is 9.33. The predicted molar refractivity (Wildman–Crippen MR) is 92.0 cm³/mol. The predicted octanol–water partition coefficient (Wildman–Crippen LogP) is 2.71. The Kier molecular flexibility index (Phi) is 5.61. The Morgan fingerprint density at radius 3 is 2.55 bits per heavy atom. The number of hydrogen-bond acceptors (Lipinski definition) is 2. The molecular weight excluding hydrogens is 274 g/mol. The summed E-state index contributed by atoms with van der Waals surface area (Å²) in [6.07, 6.45) is 1.94. The van der Waals surface area contributed by atoms with Crippen molar-refractivity contribution in [3.8, 4) is 0 Å². The molecule has 120 valence electrons. The first-order valence-electron chi connectivity index (χ1n) is 8.18. The number of hydrogen-bond donors (Lipinski definition) is 1. The summed E-state index contributed by atoms with van der Waals surface area (Å²) in [4.78, 5) is 14.4. The summed E-state index contributed by atoms with van der Waals surface area (Å²) in [6.45, 7) is 8.78. The minimum atomic E-state index is 0.180. The van der Waals surface area contributed by atoms with Crippen molar-refractivity contribution < 1.29 is 4.79 Å². The van der Waals surface area contributed by atoms with E-state index in [2.05, 4.69) is 29.7 Å². The molecule has 0 saturated carbocycles. The monoisotopic (exact) mass is 301 g/mol. The highest BCUT2D eigenvalue weighted by molar-refractivity contribution is 5.87. The molecule has 2 rings (SSSR count). The number of amides is 1. The Labute approximate surface area is 132 Å². The van der Waals surface area contributed by atoms with E-state index >= 15 is 0 Å². The number of carbonyl (C=O) groups is 1. The van der Waals surface area contributed by atoms with Crippen molar-refractivity contribution in [2.75, 3.05) is 19.6 Å². The highest BCUT2D eigenvalue weighted by Gasteiger charge is 2.17. The molecule has 1 aromatic heterocycles. The lowest BCUT2D eigenvalue weighted by Gasteiger charge is -2.20. The van der Waals surface area contributed by atoms with E-state index in [0.717, 1.165) is 31.4 Å². The zero-order valence-electron chi connectivity index (χ0n) is 13.9. The molecule has 2 aromatic rings. The van der Waals surface area contributed by atoms with Gasteiger partial charge < -0.3 is 15.2 Å². The SMILES string of the molecule is CCN(CC)C(=O)Cn1c(C)c(CCCN)c2ccccc21. The van der Waals surface area contributed by atoms with Crippen LogP contribution < -0.4 is 5.73 Å². The highest BCUT2D eigenvalue weighted by atomic mass is 16.2.